The van der Waals surface area contributed by atoms with Gasteiger partial charge in [-0.05, 0) is 46.5 Å². The fourth-order valence-electron chi connectivity index (χ4n) is 1.90. The predicted molar refractivity (Wildman–Crippen MR) is 82.7 cm³/mol. The Morgan fingerprint density at radius 2 is 2.10 bits per heavy atom. The van der Waals surface area contributed by atoms with Crippen LogP contribution < -0.4 is 5.32 Å². The summed E-state index contributed by atoms with van der Waals surface area (Å²) in [5.41, 5.74) is 1.95. The number of benzene rings is 1. The Hall–Kier alpha value is -1.62. The maximum absolute atomic E-state index is 11.9. The number of nitrogens with zero attached hydrogens (tertiary/aromatic N) is 2. The van der Waals surface area contributed by atoms with Crippen LogP contribution in [0.2, 0.25) is 0 Å². The van der Waals surface area contributed by atoms with Gasteiger partial charge in [-0.25, -0.2) is 0 Å². The van der Waals surface area contributed by atoms with Crippen molar-refractivity contribution in [1.29, 1.82) is 0 Å². The van der Waals surface area contributed by atoms with Crippen molar-refractivity contribution in [3.63, 3.8) is 0 Å². The Kier molecular flexibility index (Phi) is 5.35. The smallest absolute Gasteiger partial charge is 0.251 e. The van der Waals surface area contributed by atoms with Crippen molar-refractivity contribution in [3.8, 4) is 0 Å². The predicted octanol–water partition coefficient (Wildman–Crippen LogP) is 3.03. The number of carbonyl (C=O) groups is 1. The molecular formula is C15H18BrN3O. The zero-order chi connectivity index (χ0) is 14.4. The molecule has 0 aliphatic carbocycles. The van der Waals surface area contributed by atoms with Crippen molar-refractivity contribution in [2.75, 3.05) is 6.54 Å². The summed E-state index contributed by atoms with van der Waals surface area (Å²) in [5.74, 6) is -0.0192. The number of halogens is 1. The molecule has 2 rings (SSSR count). The van der Waals surface area contributed by atoms with Crippen molar-refractivity contribution in [1.82, 2.24) is 15.1 Å². The van der Waals surface area contributed by atoms with E-state index in [1.54, 1.807) is 6.20 Å². The van der Waals surface area contributed by atoms with Gasteiger partial charge in [-0.2, -0.15) is 5.10 Å². The molecule has 0 fully saturated rings. The number of hydrogen-bond donors (Lipinski definition) is 1. The monoisotopic (exact) mass is 335 g/mol. The Morgan fingerprint density at radius 3 is 2.70 bits per heavy atom. The van der Waals surface area contributed by atoms with Gasteiger partial charge in [0.25, 0.3) is 5.91 Å². The van der Waals surface area contributed by atoms with Gasteiger partial charge in [-0.15, -0.1) is 0 Å². The maximum atomic E-state index is 11.9. The van der Waals surface area contributed by atoms with Gasteiger partial charge in [0.15, 0.2) is 0 Å². The molecule has 0 atom stereocenters. The maximum Gasteiger partial charge on any atom is 0.251 e. The van der Waals surface area contributed by atoms with E-state index in [0.29, 0.717) is 12.1 Å². The van der Waals surface area contributed by atoms with Gasteiger partial charge >= 0.3 is 0 Å². The standard InChI is InChI=1S/C15H18BrN3O/c1-2-12-4-6-13(7-5-12)15(20)17-8-3-9-19-11-14(16)10-18-19/h4-7,10-11H,2-3,8-9H2,1H3,(H,17,20). The van der Waals surface area contributed by atoms with Crippen LogP contribution in [0.3, 0.4) is 0 Å². The third-order valence-corrected chi connectivity index (χ3v) is 3.49. The summed E-state index contributed by atoms with van der Waals surface area (Å²) in [7, 11) is 0. The van der Waals surface area contributed by atoms with Gasteiger partial charge < -0.3 is 5.32 Å². The highest BCUT2D eigenvalue weighted by atomic mass is 79.9. The highest BCUT2D eigenvalue weighted by molar-refractivity contribution is 9.10. The lowest BCUT2D eigenvalue weighted by molar-refractivity contribution is 0.0952. The molecule has 1 N–H and O–H groups in total. The van der Waals surface area contributed by atoms with Crippen LogP contribution in [0.1, 0.15) is 29.3 Å². The average Bonchev–Trinajstić information content (AvgIpc) is 2.89. The number of carbonyl (C=O) groups excluding carboxylic acids is 1. The first kappa shape index (κ1) is 14.8. The Labute approximate surface area is 127 Å². The van der Waals surface area contributed by atoms with Crippen LogP contribution in [-0.4, -0.2) is 22.2 Å². The molecule has 1 aromatic heterocycles. The van der Waals surface area contributed by atoms with Crippen LogP contribution in [0, 0.1) is 0 Å². The topological polar surface area (TPSA) is 46.9 Å². The summed E-state index contributed by atoms with van der Waals surface area (Å²) >= 11 is 3.35. The van der Waals surface area contributed by atoms with Gasteiger partial charge in [0.05, 0.1) is 10.7 Å². The molecule has 1 amide bonds. The minimum absolute atomic E-state index is 0.0192. The van der Waals surface area contributed by atoms with E-state index in [0.717, 1.165) is 23.9 Å². The number of amides is 1. The molecule has 5 heteroatoms. The van der Waals surface area contributed by atoms with Crippen molar-refractivity contribution in [2.24, 2.45) is 0 Å². The minimum atomic E-state index is -0.0192. The molecule has 0 radical (unpaired) electrons. The van der Waals surface area contributed by atoms with Crippen LogP contribution in [0.15, 0.2) is 41.1 Å². The van der Waals surface area contributed by atoms with E-state index >= 15 is 0 Å². The zero-order valence-electron chi connectivity index (χ0n) is 11.5. The molecule has 2 aromatic rings. The van der Waals surface area contributed by atoms with Crippen molar-refractivity contribution < 1.29 is 4.79 Å². The van der Waals surface area contributed by atoms with Gasteiger partial charge in [0, 0.05) is 24.8 Å². The average molecular weight is 336 g/mol. The van der Waals surface area contributed by atoms with E-state index in [-0.39, 0.29) is 5.91 Å². The Morgan fingerprint density at radius 1 is 1.35 bits per heavy atom. The fourth-order valence-corrected chi connectivity index (χ4v) is 2.23. The molecule has 0 aliphatic heterocycles. The minimum Gasteiger partial charge on any atom is -0.352 e. The Balaban J connectivity index is 1.74. The van der Waals surface area contributed by atoms with E-state index in [4.69, 9.17) is 0 Å². The third kappa shape index (κ3) is 4.20. The summed E-state index contributed by atoms with van der Waals surface area (Å²) in [6.07, 6.45) is 5.52. The number of nitrogens with one attached hydrogen (secondary N) is 1. The number of aryl methyl sites for hydroxylation is 2. The molecule has 0 bridgehead atoms. The van der Waals surface area contributed by atoms with Gasteiger partial charge in [-0.1, -0.05) is 19.1 Å². The van der Waals surface area contributed by atoms with E-state index < -0.39 is 0 Å². The summed E-state index contributed by atoms with van der Waals surface area (Å²) < 4.78 is 2.82. The van der Waals surface area contributed by atoms with Crippen molar-refractivity contribution >= 4 is 21.8 Å². The second-order valence-corrected chi connectivity index (χ2v) is 5.50. The van der Waals surface area contributed by atoms with Gasteiger partial charge in [0.2, 0.25) is 0 Å². The second-order valence-electron chi connectivity index (χ2n) is 4.58. The molecule has 0 saturated heterocycles. The van der Waals surface area contributed by atoms with E-state index in [9.17, 15) is 4.79 Å². The zero-order valence-corrected chi connectivity index (χ0v) is 13.1. The summed E-state index contributed by atoms with van der Waals surface area (Å²) in [6, 6.07) is 7.74. The lowest BCUT2D eigenvalue weighted by Gasteiger charge is -2.06. The molecule has 1 heterocycles. The largest absolute Gasteiger partial charge is 0.352 e. The van der Waals surface area contributed by atoms with Crippen LogP contribution >= 0.6 is 15.9 Å². The van der Waals surface area contributed by atoms with Crippen LogP contribution in [-0.2, 0) is 13.0 Å². The molecule has 0 aliphatic rings. The van der Waals surface area contributed by atoms with Crippen LogP contribution in [0.4, 0.5) is 0 Å². The summed E-state index contributed by atoms with van der Waals surface area (Å²) in [4.78, 5) is 11.9. The first-order valence-electron chi connectivity index (χ1n) is 6.74. The number of aromatic nitrogens is 2. The van der Waals surface area contributed by atoms with Gasteiger partial charge in [0.1, 0.15) is 0 Å². The van der Waals surface area contributed by atoms with Gasteiger partial charge in [-0.3, -0.25) is 9.48 Å². The lowest BCUT2D eigenvalue weighted by atomic mass is 10.1. The second kappa shape index (κ2) is 7.24. The normalized spacial score (nSPS) is 10.5. The molecule has 1 aromatic carbocycles. The van der Waals surface area contributed by atoms with E-state index in [2.05, 4.69) is 33.3 Å². The summed E-state index contributed by atoms with van der Waals surface area (Å²) in [5, 5.41) is 7.09. The molecule has 20 heavy (non-hydrogen) atoms. The molecule has 0 saturated carbocycles. The van der Waals surface area contributed by atoms with Crippen molar-refractivity contribution in [3.05, 3.63) is 52.3 Å². The molecular weight excluding hydrogens is 318 g/mol. The first-order valence-corrected chi connectivity index (χ1v) is 7.53. The first-order chi connectivity index (χ1) is 9.69. The number of hydrogen-bond acceptors (Lipinski definition) is 2. The molecule has 0 spiro atoms. The number of rotatable bonds is 6. The molecule has 106 valence electrons. The Bertz CT molecular complexity index is 563. The summed E-state index contributed by atoms with van der Waals surface area (Å²) in [6.45, 7) is 3.54. The fraction of sp³-hybridized carbons (Fsp3) is 0.333. The highest BCUT2D eigenvalue weighted by Crippen LogP contribution is 2.07. The quantitative estimate of drug-likeness (QED) is 0.825. The SMILES string of the molecule is CCc1ccc(C(=O)NCCCn2cc(Br)cn2)cc1. The van der Waals surface area contributed by atoms with Crippen molar-refractivity contribution in [2.45, 2.75) is 26.3 Å². The third-order valence-electron chi connectivity index (χ3n) is 3.08. The molecule has 4 nitrogen and oxygen atoms in total. The van der Waals surface area contributed by atoms with E-state index in [1.807, 2.05) is 35.1 Å². The van der Waals surface area contributed by atoms with E-state index in [1.165, 1.54) is 5.56 Å². The van der Waals surface area contributed by atoms with Crippen LogP contribution in [0.5, 0.6) is 0 Å². The molecule has 0 unspecified atom stereocenters. The van der Waals surface area contributed by atoms with Crippen LogP contribution in [0.25, 0.3) is 0 Å². The lowest BCUT2D eigenvalue weighted by Crippen LogP contribution is -2.25. The highest BCUT2D eigenvalue weighted by Gasteiger charge is 2.04.